The first-order valence-electron chi connectivity index (χ1n) is 6.82. The van der Waals surface area contributed by atoms with Crippen molar-refractivity contribution in [3.05, 3.63) is 29.3 Å². The van der Waals surface area contributed by atoms with Gasteiger partial charge in [0.15, 0.2) is 0 Å². The van der Waals surface area contributed by atoms with Crippen LogP contribution in [0, 0.1) is 13.8 Å². The minimum absolute atomic E-state index is 0.611. The maximum absolute atomic E-state index is 5.96. The van der Waals surface area contributed by atoms with Gasteiger partial charge in [0.25, 0.3) is 0 Å². The fraction of sp³-hybridized carbons (Fsp3) is 0.600. The third kappa shape index (κ3) is 3.24. The van der Waals surface area contributed by atoms with Crippen LogP contribution in [0.25, 0.3) is 0 Å². The topological polar surface area (TPSA) is 24.5 Å². The molecule has 1 aliphatic rings. The molecule has 0 unspecified atom stereocenters. The Balaban J connectivity index is 1.84. The number of para-hydroxylation sites is 1. The van der Waals surface area contributed by atoms with Crippen molar-refractivity contribution in [2.45, 2.75) is 26.8 Å². The summed E-state index contributed by atoms with van der Waals surface area (Å²) in [5.41, 5.74) is 2.45. The van der Waals surface area contributed by atoms with Crippen molar-refractivity contribution in [2.24, 2.45) is 0 Å². The van der Waals surface area contributed by atoms with Gasteiger partial charge in [-0.1, -0.05) is 18.2 Å². The van der Waals surface area contributed by atoms with Gasteiger partial charge < -0.3 is 10.1 Å². The van der Waals surface area contributed by atoms with Crippen molar-refractivity contribution >= 4 is 0 Å². The van der Waals surface area contributed by atoms with Crippen molar-refractivity contribution in [1.29, 1.82) is 0 Å². The zero-order chi connectivity index (χ0) is 13.0. The molecule has 1 aromatic carbocycles. The fourth-order valence-corrected chi connectivity index (χ4v) is 2.51. The van der Waals surface area contributed by atoms with Crippen LogP contribution in [0.3, 0.4) is 0 Å². The van der Waals surface area contributed by atoms with Gasteiger partial charge in [-0.3, -0.25) is 4.90 Å². The number of benzene rings is 1. The minimum Gasteiger partial charge on any atom is -0.492 e. The molecule has 0 aromatic heterocycles. The van der Waals surface area contributed by atoms with Gasteiger partial charge in [0, 0.05) is 32.2 Å². The molecule has 1 aromatic rings. The van der Waals surface area contributed by atoms with Gasteiger partial charge in [-0.15, -0.1) is 0 Å². The van der Waals surface area contributed by atoms with Crippen molar-refractivity contribution < 1.29 is 4.74 Å². The molecular formula is C15H24N2O. The second kappa shape index (κ2) is 6.21. The van der Waals surface area contributed by atoms with E-state index in [4.69, 9.17) is 4.74 Å². The first kappa shape index (κ1) is 13.4. The largest absolute Gasteiger partial charge is 0.492 e. The average molecular weight is 248 g/mol. The minimum atomic E-state index is 0.611. The average Bonchev–Trinajstić information content (AvgIpc) is 2.35. The van der Waals surface area contributed by atoms with E-state index in [9.17, 15) is 0 Å². The van der Waals surface area contributed by atoms with E-state index in [1.807, 2.05) is 0 Å². The highest BCUT2D eigenvalue weighted by Gasteiger charge is 2.17. The van der Waals surface area contributed by atoms with Gasteiger partial charge in [0.2, 0.25) is 0 Å². The van der Waals surface area contributed by atoms with Gasteiger partial charge in [0.05, 0.1) is 0 Å². The summed E-state index contributed by atoms with van der Waals surface area (Å²) in [6, 6.07) is 6.90. The zero-order valence-corrected chi connectivity index (χ0v) is 11.7. The Bertz CT molecular complexity index is 372. The summed E-state index contributed by atoms with van der Waals surface area (Å²) >= 11 is 0. The second-order valence-corrected chi connectivity index (χ2v) is 5.16. The molecule has 0 amide bonds. The van der Waals surface area contributed by atoms with Crippen LogP contribution in [0.15, 0.2) is 18.2 Å². The number of nitrogens with zero attached hydrogens (tertiary/aromatic N) is 1. The Morgan fingerprint density at radius 3 is 2.72 bits per heavy atom. The fourth-order valence-electron chi connectivity index (χ4n) is 2.51. The van der Waals surface area contributed by atoms with E-state index in [2.05, 4.69) is 49.2 Å². The van der Waals surface area contributed by atoms with Crippen LogP contribution in [0.4, 0.5) is 0 Å². The standard InChI is InChI=1S/C15H24N2O/c1-12-5-4-6-13(2)15(12)18-10-9-17-8-7-16-11-14(17)3/h4-6,14,16H,7-11H2,1-3H3/t14-/m1/s1. The molecule has 0 aliphatic carbocycles. The number of hydrogen-bond acceptors (Lipinski definition) is 3. The highest BCUT2D eigenvalue weighted by molar-refractivity contribution is 5.39. The summed E-state index contributed by atoms with van der Waals surface area (Å²) in [5, 5.41) is 3.41. The lowest BCUT2D eigenvalue weighted by molar-refractivity contribution is 0.143. The third-order valence-electron chi connectivity index (χ3n) is 3.67. The number of rotatable bonds is 4. The number of ether oxygens (including phenoxy) is 1. The summed E-state index contributed by atoms with van der Waals surface area (Å²) in [7, 11) is 0. The molecule has 1 N–H and O–H groups in total. The number of nitrogens with one attached hydrogen (secondary N) is 1. The maximum atomic E-state index is 5.96. The number of aryl methyl sites for hydroxylation is 2. The van der Waals surface area contributed by atoms with Crippen LogP contribution in [-0.2, 0) is 0 Å². The molecule has 1 saturated heterocycles. The summed E-state index contributed by atoms with van der Waals surface area (Å²) in [6.45, 7) is 11.6. The van der Waals surface area contributed by atoms with Crippen molar-refractivity contribution in [3.63, 3.8) is 0 Å². The van der Waals surface area contributed by atoms with Crippen LogP contribution in [0.2, 0.25) is 0 Å². The lowest BCUT2D eigenvalue weighted by Gasteiger charge is -2.33. The number of piperazine rings is 1. The molecular weight excluding hydrogens is 224 g/mol. The van der Waals surface area contributed by atoms with Crippen LogP contribution in [-0.4, -0.2) is 43.7 Å². The summed E-state index contributed by atoms with van der Waals surface area (Å²) in [4.78, 5) is 2.49. The first-order valence-corrected chi connectivity index (χ1v) is 6.82. The SMILES string of the molecule is Cc1cccc(C)c1OCCN1CCNC[C@H]1C. The van der Waals surface area contributed by atoms with E-state index in [0.29, 0.717) is 6.04 Å². The predicted molar refractivity (Wildman–Crippen MR) is 75.3 cm³/mol. The van der Waals surface area contributed by atoms with E-state index < -0.39 is 0 Å². The highest BCUT2D eigenvalue weighted by atomic mass is 16.5. The van der Waals surface area contributed by atoms with Crippen molar-refractivity contribution in [2.75, 3.05) is 32.8 Å². The molecule has 1 heterocycles. The van der Waals surface area contributed by atoms with E-state index in [1.165, 1.54) is 11.1 Å². The molecule has 0 radical (unpaired) electrons. The molecule has 100 valence electrons. The van der Waals surface area contributed by atoms with E-state index >= 15 is 0 Å². The van der Waals surface area contributed by atoms with E-state index in [1.54, 1.807) is 0 Å². The monoisotopic (exact) mass is 248 g/mol. The van der Waals surface area contributed by atoms with Crippen molar-refractivity contribution in [3.8, 4) is 5.75 Å². The first-order chi connectivity index (χ1) is 8.68. The second-order valence-electron chi connectivity index (χ2n) is 5.16. The van der Waals surface area contributed by atoms with Crippen LogP contribution >= 0.6 is 0 Å². The predicted octanol–water partition coefficient (Wildman–Crippen LogP) is 1.98. The summed E-state index contributed by atoms with van der Waals surface area (Å²) in [6.07, 6.45) is 0. The molecule has 0 spiro atoms. The van der Waals surface area contributed by atoms with Gasteiger partial charge in [-0.2, -0.15) is 0 Å². The van der Waals surface area contributed by atoms with E-state index in [-0.39, 0.29) is 0 Å². The summed E-state index contributed by atoms with van der Waals surface area (Å²) in [5.74, 6) is 1.06. The van der Waals surface area contributed by atoms with Crippen LogP contribution in [0.5, 0.6) is 5.75 Å². The van der Waals surface area contributed by atoms with Crippen LogP contribution < -0.4 is 10.1 Å². The molecule has 18 heavy (non-hydrogen) atoms. The summed E-state index contributed by atoms with van der Waals surface area (Å²) < 4.78 is 5.96. The Kier molecular flexibility index (Phi) is 4.61. The Morgan fingerprint density at radius 2 is 2.06 bits per heavy atom. The van der Waals surface area contributed by atoms with Gasteiger partial charge >= 0.3 is 0 Å². The third-order valence-corrected chi connectivity index (χ3v) is 3.67. The Morgan fingerprint density at radius 1 is 1.33 bits per heavy atom. The molecule has 0 saturated carbocycles. The molecule has 1 fully saturated rings. The molecule has 2 rings (SSSR count). The normalized spacial score (nSPS) is 20.9. The number of hydrogen-bond donors (Lipinski definition) is 1. The maximum Gasteiger partial charge on any atom is 0.125 e. The van der Waals surface area contributed by atoms with Crippen molar-refractivity contribution in [1.82, 2.24) is 10.2 Å². The highest BCUT2D eigenvalue weighted by Crippen LogP contribution is 2.22. The van der Waals surface area contributed by atoms with E-state index in [0.717, 1.165) is 38.5 Å². The quantitative estimate of drug-likeness (QED) is 0.882. The lowest BCUT2D eigenvalue weighted by Crippen LogP contribution is -2.50. The van der Waals surface area contributed by atoms with Gasteiger partial charge in [-0.05, 0) is 31.9 Å². The molecule has 3 nitrogen and oxygen atoms in total. The molecule has 0 bridgehead atoms. The smallest absolute Gasteiger partial charge is 0.125 e. The molecule has 1 atom stereocenters. The van der Waals surface area contributed by atoms with Gasteiger partial charge in [0.1, 0.15) is 12.4 Å². The lowest BCUT2D eigenvalue weighted by atomic mass is 10.1. The zero-order valence-electron chi connectivity index (χ0n) is 11.7. The Labute approximate surface area is 110 Å². The van der Waals surface area contributed by atoms with Gasteiger partial charge in [-0.25, -0.2) is 0 Å². The Hall–Kier alpha value is -1.06. The van der Waals surface area contributed by atoms with Crippen LogP contribution in [0.1, 0.15) is 18.1 Å². The molecule has 3 heteroatoms. The molecule has 1 aliphatic heterocycles.